The summed E-state index contributed by atoms with van der Waals surface area (Å²) in [5.74, 6) is 0.0785. The van der Waals surface area contributed by atoms with E-state index in [1.54, 1.807) is 67.0 Å². The van der Waals surface area contributed by atoms with Crippen LogP contribution in [-0.2, 0) is 23.0 Å². The van der Waals surface area contributed by atoms with Crippen LogP contribution in [0.25, 0.3) is 0 Å². The number of aromatic hydroxyl groups is 1. The van der Waals surface area contributed by atoms with E-state index in [9.17, 15) is 18.6 Å². The van der Waals surface area contributed by atoms with Crippen LogP contribution >= 0.6 is 0 Å². The van der Waals surface area contributed by atoms with Gasteiger partial charge in [-0.15, -0.1) is 0 Å². The molecule has 4 rings (SSSR count). The first-order valence-corrected chi connectivity index (χ1v) is 10.4. The van der Waals surface area contributed by atoms with Crippen molar-refractivity contribution >= 4 is 10.0 Å². The maximum absolute atomic E-state index is 13.4. The van der Waals surface area contributed by atoms with Crippen molar-refractivity contribution in [2.75, 3.05) is 0 Å². The molecule has 7 heteroatoms. The van der Waals surface area contributed by atoms with Crippen LogP contribution in [0.2, 0.25) is 0 Å². The highest BCUT2D eigenvalue weighted by molar-refractivity contribution is 7.89. The van der Waals surface area contributed by atoms with Crippen molar-refractivity contribution in [3.8, 4) is 5.75 Å². The normalized spacial score (nSPS) is 21.2. The summed E-state index contributed by atoms with van der Waals surface area (Å²) in [4.78, 5) is 4.09. The summed E-state index contributed by atoms with van der Waals surface area (Å²) in [6.45, 7) is 0.106. The molecule has 0 radical (unpaired) electrons. The minimum Gasteiger partial charge on any atom is -0.508 e. The average molecular weight is 396 g/mol. The number of phenols is 1. The molecule has 0 fully saturated rings. The van der Waals surface area contributed by atoms with Gasteiger partial charge in [0.25, 0.3) is 0 Å². The Morgan fingerprint density at radius 2 is 1.64 bits per heavy atom. The van der Waals surface area contributed by atoms with Crippen molar-refractivity contribution in [3.63, 3.8) is 0 Å². The van der Waals surface area contributed by atoms with Crippen molar-refractivity contribution in [2.45, 2.75) is 30.0 Å². The molecule has 1 aromatic heterocycles. The first-order valence-electron chi connectivity index (χ1n) is 8.93. The van der Waals surface area contributed by atoms with Gasteiger partial charge in [-0.3, -0.25) is 4.98 Å². The monoisotopic (exact) mass is 396 g/mol. The first kappa shape index (κ1) is 18.6. The minimum absolute atomic E-state index is 0.0785. The van der Waals surface area contributed by atoms with E-state index in [1.807, 2.05) is 0 Å². The van der Waals surface area contributed by atoms with Crippen LogP contribution in [0, 0.1) is 0 Å². The number of nitrogens with zero attached hydrogens (tertiary/aromatic N) is 2. The van der Waals surface area contributed by atoms with Crippen molar-refractivity contribution in [2.24, 2.45) is 0 Å². The van der Waals surface area contributed by atoms with E-state index in [0.29, 0.717) is 11.1 Å². The lowest BCUT2D eigenvalue weighted by molar-refractivity contribution is 0.0766. The lowest BCUT2D eigenvalue weighted by atomic mass is 9.95. The Bertz CT molecular complexity index is 1090. The molecule has 0 saturated heterocycles. The second-order valence-corrected chi connectivity index (χ2v) is 8.65. The van der Waals surface area contributed by atoms with Gasteiger partial charge in [-0.05, 0) is 41.8 Å². The molecule has 6 nitrogen and oxygen atoms in total. The fraction of sp³-hybridized carbons (Fsp3) is 0.190. The highest BCUT2D eigenvalue weighted by atomic mass is 32.2. The van der Waals surface area contributed by atoms with Gasteiger partial charge in [0.1, 0.15) is 5.75 Å². The summed E-state index contributed by atoms with van der Waals surface area (Å²) in [6.07, 6.45) is 2.39. The number of aliphatic hydroxyl groups is 1. The van der Waals surface area contributed by atoms with E-state index in [-0.39, 0.29) is 23.6 Å². The molecule has 3 aromatic rings. The molecule has 2 aromatic carbocycles. The van der Waals surface area contributed by atoms with E-state index in [2.05, 4.69) is 4.98 Å². The second kappa shape index (κ2) is 7.35. The van der Waals surface area contributed by atoms with Crippen LogP contribution < -0.4 is 0 Å². The zero-order valence-corrected chi connectivity index (χ0v) is 15.8. The lowest BCUT2D eigenvalue weighted by Crippen LogP contribution is -2.48. The van der Waals surface area contributed by atoms with Gasteiger partial charge in [0.15, 0.2) is 0 Å². The van der Waals surface area contributed by atoms with Crippen LogP contribution in [0.5, 0.6) is 5.75 Å². The smallest absolute Gasteiger partial charge is 0.244 e. The van der Waals surface area contributed by atoms with Gasteiger partial charge in [0, 0.05) is 24.5 Å². The summed E-state index contributed by atoms with van der Waals surface area (Å²) >= 11 is 0. The number of hydrogen-bond acceptors (Lipinski definition) is 5. The molecule has 0 saturated carbocycles. The van der Waals surface area contributed by atoms with Gasteiger partial charge in [-0.1, -0.05) is 36.4 Å². The van der Waals surface area contributed by atoms with Crippen LogP contribution in [0.1, 0.15) is 22.8 Å². The molecule has 2 heterocycles. The number of hydrogen-bond donors (Lipinski definition) is 2. The molecule has 1 aliphatic rings. The van der Waals surface area contributed by atoms with Crippen molar-refractivity contribution in [1.29, 1.82) is 0 Å². The Balaban J connectivity index is 1.81. The molecule has 2 N–H and O–H groups in total. The van der Waals surface area contributed by atoms with E-state index in [1.165, 1.54) is 10.4 Å². The topological polar surface area (TPSA) is 90.7 Å². The summed E-state index contributed by atoms with van der Waals surface area (Å²) in [7, 11) is -3.82. The predicted octanol–water partition coefficient (Wildman–Crippen LogP) is 2.64. The molecule has 1 aliphatic heterocycles. The highest BCUT2D eigenvalue weighted by Gasteiger charge is 2.43. The number of sulfonamides is 1. The van der Waals surface area contributed by atoms with Gasteiger partial charge >= 0.3 is 0 Å². The van der Waals surface area contributed by atoms with Crippen molar-refractivity contribution in [1.82, 2.24) is 9.29 Å². The third-order valence-electron chi connectivity index (χ3n) is 5.07. The largest absolute Gasteiger partial charge is 0.508 e. The standard InChI is InChI=1S/C21H20N2O4S/c24-19-7-3-1-5-16(19)13-18-21(25)17-6-2-4-8-20(17)28(26,27)23(18)14-15-9-11-22-12-10-15/h1-12,18,21,24-25H,13-14H2/t18-,21+/m0/s1. The number of fused-ring (bicyclic) bond motifs is 1. The van der Waals surface area contributed by atoms with Crippen molar-refractivity contribution in [3.05, 3.63) is 89.7 Å². The summed E-state index contributed by atoms with van der Waals surface area (Å²) in [5, 5.41) is 21.2. The van der Waals surface area contributed by atoms with Crippen LogP contribution in [-0.4, -0.2) is 34.0 Å². The number of para-hydroxylation sites is 1. The Hall–Kier alpha value is -2.74. The zero-order chi connectivity index (χ0) is 19.7. The predicted molar refractivity (Wildman–Crippen MR) is 104 cm³/mol. The Morgan fingerprint density at radius 1 is 0.964 bits per heavy atom. The van der Waals surface area contributed by atoms with E-state index in [4.69, 9.17) is 0 Å². The third kappa shape index (κ3) is 3.28. The number of aliphatic hydroxyl groups excluding tert-OH is 1. The first-order chi connectivity index (χ1) is 13.5. The number of benzene rings is 2. The van der Waals surface area contributed by atoms with Gasteiger partial charge in [0.2, 0.25) is 10.0 Å². The molecule has 28 heavy (non-hydrogen) atoms. The average Bonchev–Trinajstić information content (AvgIpc) is 2.71. The summed E-state index contributed by atoms with van der Waals surface area (Å²) in [5.41, 5.74) is 1.74. The number of rotatable bonds is 4. The van der Waals surface area contributed by atoms with E-state index >= 15 is 0 Å². The zero-order valence-electron chi connectivity index (χ0n) is 15.0. The quantitative estimate of drug-likeness (QED) is 0.708. The van der Waals surface area contributed by atoms with E-state index in [0.717, 1.165) is 5.56 Å². The third-order valence-corrected chi connectivity index (χ3v) is 7.01. The Kier molecular flexibility index (Phi) is 4.89. The Morgan fingerprint density at radius 3 is 2.39 bits per heavy atom. The van der Waals surface area contributed by atoms with E-state index < -0.39 is 22.2 Å². The number of aromatic nitrogens is 1. The van der Waals surface area contributed by atoms with Gasteiger partial charge in [-0.25, -0.2) is 8.42 Å². The maximum Gasteiger partial charge on any atom is 0.244 e. The lowest BCUT2D eigenvalue weighted by Gasteiger charge is -2.39. The molecule has 0 aliphatic carbocycles. The molecular formula is C21H20N2O4S. The van der Waals surface area contributed by atoms with Crippen LogP contribution in [0.3, 0.4) is 0 Å². The number of pyridine rings is 1. The molecule has 2 atom stereocenters. The number of phenolic OH excluding ortho intramolecular Hbond substituents is 1. The second-order valence-electron chi connectivity index (χ2n) is 6.79. The molecule has 0 amide bonds. The molecule has 0 spiro atoms. The molecule has 144 valence electrons. The van der Waals surface area contributed by atoms with Crippen LogP contribution in [0.4, 0.5) is 0 Å². The maximum atomic E-state index is 13.4. The van der Waals surface area contributed by atoms with Gasteiger partial charge < -0.3 is 10.2 Å². The molecule has 0 bridgehead atoms. The SMILES string of the molecule is O=S1(=O)c2ccccc2[C@@H](O)[C@H](Cc2ccccc2O)N1Cc1ccncc1. The van der Waals surface area contributed by atoms with Crippen LogP contribution in [0.15, 0.2) is 78.0 Å². The fourth-order valence-electron chi connectivity index (χ4n) is 3.62. The van der Waals surface area contributed by atoms with Crippen molar-refractivity contribution < 1.29 is 18.6 Å². The molecular weight excluding hydrogens is 376 g/mol. The minimum atomic E-state index is -3.82. The molecule has 0 unspecified atom stereocenters. The Labute approximate surface area is 163 Å². The van der Waals surface area contributed by atoms with Gasteiger partial charge in [0.05, 0.1) is 17.0 Å². The fourth-order valence-corrected chi connectivity index (χ4v) is 5.48. The summed E-state index contributed by atoms with van der Waals surface area (Å²) in [6, 6.07) is 16.0. The highest BCUT2D eigenvalue weighted by Crippen LogP contribution is 2.39. The van der Waals surface area contributed by atoms with Gasteiger partial charge in [-0.2, -0.15) is 4.31 Å². The summed E-state index contributed by atoms with van der Waals surface area (Å²) < 4.78 is 28.1.